The first-order chi connectivity index (χ1) is 11.7. The van der Waals surface area contributed by atoms with Crippen LogP contribution in [0, 0.1) is 0 Å². The highest BCUT2D eigenvalue weighted by atomic mass is 19.4. The Labute approximate surface area is 141 Å². The zero-order valence-corrected chi connectivity index (χ0v) is 13.9. The molecule has 25 heavy (non-hydrogen) atoms. The van der Waals surface area contributed by atoms with Crippen molar-refractivity contribution in [2.24, 2.45) is 7.05 Å². The molecule has 0 aliphatic carbocycles. The van der Waals surface area contributed by atoms with Crippen molar-refractivity contribution >= 4 is 5.91 Å². The van der Waals surface area contributed by atoms with Gasteiger partial charge in [0, 0.05) is 19.0 Å². The molecule has 0 spiro atoms. The number of aromatic nitrogens is 4. The van der Waals surface area contributed by atoms with Crippen LogP contribution in [0.4, 0.5) is 13.2 Å². The smallest absolute Gasteiger partial charge is 0.369 e. The number of H-pyrrole nitrogens is 1. The highest BCUT2D eigenvalue weighted by Crippen LogP contribution is 2.30. The van der Waals surface area contributed by atoms with Crippen LogP contribution in [0.25, 0.3) is 0 Å². The number of carbonyl (C=O) groups excluding carboxylic acids is 1. The normalized spacial score (nSPS) is 20.4. The third kappa shape index (κ3) is 3.39. The Morgan fingerprint density at radius 3 is 2.84 bits per heavy atom. The Morgan fingerprint density at radius 1 is 1.48 bits per heavy atom. The summed E-state index contributed by atoms with van der Waals surface area (Å²) in [6, 6.07) is 0.915. The fourth-order valence-corrected chi connectivity index (χ4v) is 2.99. The molecule has 0 radical (unpaired) electrons. The molecule has 136 valence electrons. The molecule has 2 aromatic heterocycles. The maximum absolute atomic E-state index is 12.8. The van der Waals surface area contributed by atoms with Crippen LogP contribution in [0.15, 0.2) is 6.07 Å². The number of hydrogen-bond acceptors (Lipinski definition) is 4. The number of hydrogen-bond donors (Lipinski definition) is 2. The summed E-state index contributed by atoms with van der Waals surface area (Å²) >= 11 is 0. The zero-order chi connectivity index (χ0) is 18.4. The molecule has 3 heterocycles. The summed E-state index contributed by atoms with van der Waals surface area (Å²) in [5.41, 5.74) is 1.02. The first kappa shape index (κ1) is 17.5. The number of rotatable bonds is 3. The van der Waals surface area contributed by atoms with E-state index in [-0.39, 0.29) is 30.1 Å². The molecule has 1 aliphatic heterocycles. The molecule has 1 amide bonds. The third-order valence-electron chi connectivity index (χ3n) is 4.10. The van der Waals surface area contributed by atoms with Gasteiger partial charge in [-0.2, -0.15) is 23.4 Å². The van der Waals surface area contributed by atoms with Crippen molar-refractivity contribution in [3.05, 3.63) is 34.4 Å². The van der Waals surface area contributed by atoms with Gasteiger partial charge in [-0.05, 0) is 19.9 Å². The van der Waals surface area contributed by atoms with Gasteiger partial charge >= 0.3 is 6.18 Å². The van der Waals surface area contributed by atoms with E-state index in [1.54, 1.807) is 0 Å². The van der Waals surface area contributed by atoms with Gasteiger partial charge < -0.3 is 10.1 Å². The Balaban J connectivity index is 1.72. The second-order valence-electron chi connectivity index (χ2n) is 6.08. The molecule has 2 aromatic rings. The van der Waals surface area contributed by atoms with Crippen molar-refractivity contribution in [1.29, 1.82) is 0 Å². The van der Waals surface area contributed by atoms with Crippen LogP contribution >= 0.6 is 0 Å². The number of nitrogens with one attached hydrogen (secondary N) is 2. The van der Waals surface area contributed by atoms with Crippen LogP contribution in [0.3, 0.4) is 0 Å². The van der Waals surface area contributed by atoms with Gasteiger partial charge in [-0.1, -0.05) is 0 Å². The molecular formula is C15H18F3N5O2. The van der Waals surface area contributed by atoms with E-state index in [0.29, 0.717) is 6.42 Å². The SMILES string of the molecule is C[C@@H]1Cc2c(C(=O)NCc3cc(C(F)(F)F)n(C)n3)n[nH]c2[C@H](C)O1. The fourth-order valence-electron chi connectivity index (χ4n) is 2.99. The van der Waals surface area contributed by atoms with Gasteiger partial charge in [-0.3, -0.25) is 14.6 Å². The van der Waals surface area contributed by atoms with Crippen LogP contribution < -0.4 is 5.32 Å². The second-order valence-corrected chi connectivity index (χ2v) is 6.08. The van der Waals surface area contributed by atoms with E-state index < -0.39 is 17.8 Å². The first-order valence-electron chi connectivity index (χ1n) is 7.77. The highest BCUT2D eigenvalue weighted by Gasteiger charge is 2.35. The van der Waals surface area contributed by atoms with Crippen LogP contribution in [-0.2, 0) is 30.9 Å². The van der Waals surface area contributed by atoms with Gasteiger partial charge in [0.1, 0.15) is 5.69 Å². The van der Waals surface area contributed by atoms with E-state index in [1.807, 2.05) is 13.8 Å². The zero-order valence-electron chi connectivity index (χ0n) is 13.9. The minimum absolute atomic E-state index is 0.0446. The Bertz CT molecular complexity index is 796. The first-order valence-corrected chi connectivity index (χ1v) is 7.77. The number of carbonyl (C=O) groups is 1. The van der Waals surface area contributed by atoms with Crippen LogP contribution in [-0.4, -0.2) is 32.0 Å². The predicted octanol–water partition coefficient (Wildman–Crippen LogP) is 2.11. The van der Waals surface area contributed by atoms with E-state index in [0.717, 1.165) is 22.0 Å². The lowest BCUT2D eigenvalue weighted by Crippen LogP contribution is -2.27. The quantitative estimate of drug-likeness (QED) is 0.881. The number of aryl methyl sites for hydroxylation is 1. The molecule has 0 unspecified atom stereocenters. The minimum atomic E-state index is -4.49. The van der Waals surface area contributed by atoms with E-state index in [9.17, 15) is 18.0 Å². The number of ether oxygens (including phenoxy) is 1. The van der Waals surface area contributed by atoms with Gasteiger partial charge in [-0.15, -0.1) is 0 Å². The lowest BCUT2D eigenvalue weighted by molar-refractivity contribution is -0.143. The van der Waals surface area contributed by atoms with Gasteiger partial charge in [0.25, 0.3) is 5.91 Å². The fraction of sp³-hybridized carbons (Fsp3) is 0.533. The lowest BCUT2D eigenvalue weighted by Gasteiger charge is -2.25. The molecule has 0 saturated heterocycles. The standard InChI is InChI=1S/C15H18F3N5O2/c1-7-4-10-12(8(2)25-7)20-21-13(10)14(24)19-6-9-5-11(15(16,17)18)23(3)22-9/h5,7-8H,4,6H2,1-3H3,(H,19,24)(H,20,21)/t7-,8+/m1/s1. The summed E-state index contributed by atoms with van der Waals surface area (Å²) in [5, 5.41) is 13.2. The van der Waals surface area contributed by atoms with Gasteiger partial charge in [0.05, 0.1) is 30.1 Å². The molecule has 1 aliphatic rings. The van der Waals surface area contributed by atoms with Crippen molar-refractivity contribution in [2.75, 3.05) is 0 Å². The minimum Gasteiger partial charge on any atom is -0.369 e. The predicted molar refractivity (Wildman–Crippen MR) is 80.6 cm³/mol. The molecule has 0 aromatic carbocycles. The molecular weight excluding hydrogens is 339 g/mol. The average Bonchev–Trinajstić information content (AvgIpc) is 3.08. The Morgan fingerprint density at radius 2 is 2.20 bits per heavy atom. The monoisotopic (exact) mass is 357 g/mol. The number of fused-ring (bicyclic) bond motifs is 1. The summed E-state index contributed by atoms with van der Waals surface area (Å²) < 4.78 is 44.7. The average molecular weight is 357 g/mol. The van der Waals surface area contributed by atoms with Crippen molar-refractivity contribution in [1.82, 2.24) is 25.3 Å². The molecule has 10 heteroatoms. The van der Waals surface area contributed by atoms with E-state index in [1.165, 1.54) is 7.05 Å². The van der Waals surface area contributed by atoms with Gasteiger partial charge in [0.15, 0.2) is 5.69 Å². The summed E-state index contributed by atoms with van der Waals surface area (Å²) in [6.45, 7) is 3.65. The van der Waals surface area contributed by atoms with E-state index in [4.69, 9.17) is 4.74 Å². The highest BCUT2D eigenvalue weighted by molar-refractivity contribution is 5.94. The third-order valence-corrected chi connectivity index (χ3v) is 4.10. The maximum atomic E-state index is 12.8. The number of halogens is 3. The second kappa shape index (κ2) is 6.17. The van der Waals surface area contributed by atoms with Crippen molar-refractivity contribution in [3.8, 4) is 0 Å². The van der Waals surface area contributed by atoms with Crippen molar-refractivity contribution in [2.45, 2.75) is 45.2 Å². The Hall–Kier alpha value is -2.36. The van der Waals surface area contributed by atoms with Gasteiger partial charge in [-0.25, -0.2) is 0 Å². The van der Waals surface area contributed by atoms with Crippen LogP contribution in [0.5, 0.6) is 0 Å². The molecule has 7 nitrogen and oxygen atoms in total. The summed E-state index contributed by atoms with van der Waals surface area (Å²) in [7, 11) is 1.21. The molecule has 2 atom stereocenters. The molecule has 0 saturated carbocycles. The topological polar surface area (TPSA) is 84.8 Å². The largest absolute Gasteiger partial charge is 0.433 e. The van der Waals surface area contributed by atoms with E-state index in [2.05, 4.69) is 20.6 Å². The van der Waals surface area contributed by atoms with Crippen LogP contribution in [0.1, 0.15) is 53.1 Å². The summed E-state index contributed by atoms with van der Waals surface area (Å²) in [6.07, 6.45) is -4.19. The number of aromatic amines is 1. The van der Waals surface area contributed by atoms with E-state index >= 15 is 0 Å². The van der Waals surface area contributed by atoms with Gasteiger partial charge in [0.2, 0.25) is 0 Å². The van der Waals surface area contributed by atoms with Crippen molar-refractivity contribution in [3.63, 3.8) is 0 Å². The maximum Gasteiger partial charge on any atom is 0.433 e. The van der Waals surface area contributed by atoms with Crippen LogP contribution in [0.2, 0.25) is 0 Å². The number of nitrogens with zero attached hydrogens (tertiary/aromatic N) is 3. The van der Waals surface area contributed by atoms with Crippen molar-refractivity contribution < 1.29 is 22.7 Å². The summed E-state index contributed by atoms with van der Waals surface area (Å²) in [4.78, 5) is 12.4. The molecule has 2 N–H and O–H groups in total. The Kier molecular flexibility index (Phi) is 4.31. The molecule has 0 fully saturated rings. The summed E-state index contributed by atoms with van der Waals surface area (Å²) in [5.74, 6) is -0.460. The molecule has 3 rings (SSSR count). The lowest BCUT2D eigenvalue weighted by atomic mass is 9.99. The number of amides is 1. The number of alkyl halides is 3. The molecule has 0 bridgehead atoms.